The molecule has 5 atom stereocenters. The minimum Gasteiger partial charge on any atom is -0.507 e. The number of phenolic OH excluding ortho intramolecular Hbond substituents is 2. The van der Waals surface area contributed by atoms with Gasteiger partial charge in [-0.1, -0.05) is 19.9 Å². The van der Waals surface area contributed by atoms with Gasteiger partial charge in [0.05, 0.1) is 18.2 Å². The third kappa shape index (κ3) is 4.15. The second-order valence-electron chi connectivity index (χ2n) is 11.8. The van der Waals surface area contributed by atoms with E-state index in [9.17, 15) is 20.3 Å². The Bertz CT molecular complexity index is 1440. The number of hydrogen-bond donors (Lipinski definition) is 3. The van der Waals surface area contributed by atoms with Crippen molar-refractivity contribution in [1.82, 2.24) is 15.1 Å². The van der Waals surface area contributed by atoms with Crippen LogP contribution < -0.4 is 14.8 Å². The zero-order valence-corrected chi connectivity index (χ0v) is 28.7. The van der Waals surface area contributed by atoms with Gasteiger partial charge in [0.15, 0.2) is 11.5 Å². The maximum absolute atomic E-state index is 12.7. The van der Waals surface area contributed by atoms with Crippen LogP contribution in [0.4, 0.5) is 0 Å². The number of carbonyl (C=O) groups excluding carboxylic acids is 1. The topological polar surface area (TPSA) is 118 Å². The molecule has 0 spiro atoms. The van der Waals surface area contributed by atoms with Gasteiger partial charge in [-0.2, -0.15) is 5.26 Å². The summed E-state index contributed by atoms with van der Waals surface area (Å²) in [5.74, 6) is 1.28. The molecular weight excluding hydrogens is 723 g/mol. The standard InChI is InChI=1S/C30H36N4O5.Ac/c1-13(2)30(37)32-11-22-24-18(26(35)16(5)28-29(24)39-12-38-28)9-20-25-23-17(7-14(3)15(4)27(23)36)8-19(33(25)6)21(10-31)34(20)22;/h7,13,19-22,25,35-36H,8-9,11-12H2,1-6H3,(H,32,37);/t19-,20?,21-,22-,25-;/m0./s1. The second kappa shape index (κ2) is 10.7. The van der Waals surface area contributed by atoms with E-state index in [4.69, 9.17) is 9.47 Å². The maximum Gasteiger partial charge on any atom is 0.231 e. The molecule has 0 aliphatic carbocycles. The SMILES string of the molecule is Cc1cc2c(c(O)c1C)[C@@H]1C3Cc4c(O)c(C)c5c(c4[C@H](CNC(=O)C(C)C)N3[C@@H](C#N)[C@H](C2)N1C)OCO5.[Ac]. The summed E-state index contributed by atoms with van der Waals surface area (Å²) in [4.78, 5) is 17.2. The second-order valence-corrected chi connectivity index (χ2v) is 11.8. The van der Waals surface area contributed by atoms with Crippen LogP contribution in [0.5, 0.6) is 23.0 Å². The van der Waals surface area contributed by atoms with Crippen molar-refractivity contribution in [3.8, 4) is 29.1 Å². The molecule has 10 heteroatoms. The van der Waals surface area contributed by atoms with Crippen molar-refractivity contribution in [1.29, 1.82) is 5.26 Å². The van der Waals surface area contributed by atoms with Crippen LogP contribution in [0.2, 0.25) is 0 Å². The van der Waals surface area contributed by atoms with Gasteiger partial charge in [0.2, 0.25) is 12.7 Å². The Kier molecular flexibility index (Phi) is 7.85. The molecule has 2 aromatic rings. The fourth-order valence-electron chi connectivity index (χ4n) is 7.31. The van der Waals surface area contributed by atoms with Crippen LogP contribution in [0, 0.1) is 82.1 Å². The van der Waals surface area contributed by atoms with E-state index in [1.165, 1.54) is 0 Å². The van der Waals surface area contributed by atoms with Gasteiger partial charge < -0.3 is 25.0 Å². The minimum absolute atomic E-state index is 0. The van der Waals surface area contributed by atoms with Gasteiger partial charge in [0.25, 0.3) is 0 Å². The largest absolute Gasteiger partial charge is 0.507 e. The zero-order valence-electron chi connectivity index (χ0n) is 23.9. The average Bonchev–Trinajstić information content (AvgIpc) is 3.39. The molecule has 1 amide bonds. The van der Waals surface area contributed by atoms with E-state index in [1.807, 2.05) is 41.7 Å². The van der Waals surface area contributed by atoms with E-state index < -0.39 is 12.1 Å². The normalized spacial score (nSPS) is 26.3. The van der Waals surface area contributed by atoms with Gasteiger partial charge >= 0.3 is 0 Å². The molecule has 209 valence electrons. The van der Waals surface area contributed by atoms with E-state index in [0.29, 0.717) is 35.7 Å². The zero-order chi connectivity index (χ0) is 27.9. The van der Waals surface area contributed by atoms with Gasteiger partial charge in [-0.05, 0) is 57.4 Å². The van der Waals surface area contributed by atoms with Gasteiger partial charge in [-0.3, -0.25) is 14.6 Å². The Morgan fingerprint density at radius 2 is 1.80 bits per heavy atom. The number of hydrogen-bond acceptors (Lipinski definition) is 8. The quantitative estimate of drug-likeness (QED) is 0.437. The number of nitrogens with zero attached hydrogens (tertiary/aromatic N) is 3. The van der Waals surface area contributed by atoms with Crippen LogP contribution in [0.3, 0.4) is 0 Å². The van der Waals surface area contributed by atoms with E-state index >= 15 is 0 Å². The summed E-state index contributed by atoms with van der Waals surface area (Å²) in [7, 11) is 2.03. The first-order valence-corrected chi connectivity index (χ1v) is 13.7. The molecule has 2 aromatic carbocycles. The number of rotatable bonds is 3. The van der Waals surface area contributed by atoms with Crippen LogP contribution in [-0.4, -0.2) is 64.4 Å². The van der Waals surface area contributed by atoms with Crippen molar-refractivity contribution in [3.63, 3.8) is 0 Å². The van der Waals surface area contributed by atoms with Crippen molar-refractivity contribution < 1.29 is 68.5 Å². The van der Waals surface area contributed by atoms with Crippen molar-refractivity contribution >= 4 is 5.91 Å². The molecule has 1 radical (unpaired) electrons. The number of nitrogens with one attached hydrogen (secondary N) is 1. The number of piperazine rings is 1. The number of carbonyl (C=O) groups is 1. The summed E-state index contributed by atoms with van der Waals surface area (Å²) in [6.45, 7) is 9.76. The van der Waals surface area contributed by atoms with Crippen molar-refractivity contribution in [2.45, 2.75) is 77.7 Å². The smallest absolute Gasteiger partial charge is 0.231 e. The molecule has 4 aliphatic rings. The number of amides is 1. The first kappa shape index (κ1) is 29.5. The third-order valence-electron chi connectivity index (χ3n) is 9.46. The third-order valence-corrected chi connectivity index (χ3v) is 9.46. The van der Waals surface area contributed by atoms with Crippen LogP contribution in [-0.2, 0) is 17.6 Å². The molecule has 4 heterocycles. The van der Waals surface area contributed by atoms with Gasteiger partial charge in [-0.25, -0.2) is 0 Å². The average molecular weight is 760 g/mol. The van der Waals surface area contributed by atoms with Gasteiger partial charge in [0.1, 0.15) is 17.5 Å². The Morgan fingerprint density at radius 3 is 2.48 bits per heavy atom. The monoisotopic (exact) mass is 759 g/mol. The van der Waals surface area contributed by atoms with Gasteiger partial charge in [0, 0.05) is 90.9 Å². The van der Waals surface area contributed by atoms with Crippen molar-refractivity contribution in [2.75, 3.05) is 20.4 Å². The van der Waals surface area contributed by atoms with E-state index in [-0.39, 0.29) is 93.1 Å². The summed E-state index contributed by atoms with van der Waals surface area (Å²) < 4.78 is 11.7. The predicted octanol–water partition coefficient (Wildman–Crippen LogP) is 3.30. The number of nitriles is 1. The van der Waals surface area contributed by atoms with E-state index in [2.05, 4.69) is 27.3 Å². The molecule has 1 unspecified atom stereocenters. The first-order chi connectivity index (χ1) is 18.6. The fourth-order valence-corrected chi connectivity index (χ4v) is 7.31. The number of ether oxygens (including phenoxy) is 2. The van der Waals surface area contributed by atoms with Gasteiger partial charge in [-0.15, -0.1) is 0 Å². The summed E-state index contributed by atoms with van der Waals surface area (Å²) in [6, 6.07) is 3.29. The number of benzene rings is 2. The molecule has 6 rings (SSSR count). The summed E-state index contributed by atoms with van der Waals surface area (Å²) in [5, 5.41) is 36.6. The number of aromatic hydroxyl groups is 2. The Balaban J connectivity index is 0.00000323. The number of fused-ring (bicyclic) bond motifs is 9. The van der Waals surface area contributed by atoms with Crippen molar-refractivity contribution in [3.05, 3.63) is 45.0 Å². The minimum atomic E-state index is -0.483. The Morgan fingerprint density at radius 1 is 1.10 bits per heavy atom. The molecule has 0 aromatic heterocycles. The number of likely N-dealkylation sites (N-methyl/N-ethyl adjacent to an activating group) is 1. The summed E-state index contributed by atoms with van der Waals surface area (Å²) in [6.07, 6.45) is 1.09. The molecule has 0 saturated carbocycles. The molecule has 3 N–H and O–H groups in total. The number of phenols is 2. The molecular formula is C30H36AcN4O5. The molecule has 2 bridgehead atoms. The van der Waals surface area contributed by atoms with E-state index in [1.54, 1.807) is 0 Å². The van der Waals surface area contributed by atoms with Crippen LogP contribution in [0.25, 0.3) is 0 Å². The fraction of sp³-hybridized carbons (Fsp3) is 0.533. The molecule has 1 saturated heterocycles. The molecule has 40 heavy (non-hydrogen) atoms. The van der Waals surface area contributed by atoms with Crippen LogP contribution in [0.1, 0.15) is 64.9 Å². The molecule has 9 nitrogen and oxygen atoms in total. The van der Waals surface area contributed by atoms with Crippen LogP contribution >= 0.6 is 0 Å². The summed E-state index contributed by atoms with van der Waals surface area (Å²) in [5.41, 5.74) is 6.01. The predicted molar refractivity (Wildman–Crippen MR) is 144 cm³/mol. The molecule has 4 aliphatic heterocycles. The van der Waals surface area contributed by atoms with Crippen molar-refractivity contribution in [2.24, 2.45) is 5.92 Å². The summed E-state index contributed by atoms with van der Waals surface area (Å²) >= 11 is 0. The van der Waals surface area contributed by atoms with Crippen LogP contribution in [0.15, 0.2) is 6.07 Å². The van der Waals surface area contributed by atoms with E-state index in [0.717, 1.165) is 33.4 Å². The first-order valence-electron chi connectivity index (χ1n) is 13.7. The maximum atomic E-state index is 12.7. The molecule has 1 fully saturated rings. The number of aryl methyl sites for hydroxylation is 1. The Hall–Kier alpha value is -2.04. The Labute approximate surface area is 271 Å².